The lowest BCUT2D eigenvalue weighted by atomic mass is 9.57. The zero-order chi connectivity index (χ0) is 47.1. The topological polar surface area (TPSA) is 18.5 Å². The molecule has 0 spiro atoms. The second kappa shape index (κ2) is 18.2. The van der Waals surface area contributed by atoms with E-state index in [2.05, 4.69) is 289 Å². The van der Waals surface area contributed by atoms with Crippen LogP contribution in [0.25, 0.3) is 64.7 Å². The number of anilines is 8. The van der Waals surface area contributed by atoms with Gasteiger partial charge in [0.25, 0.3) is 0 Å². The van der Waals surface area contributed by atoms with Crippen molar-refractivity contribution in [1.82, 2.24) is 0 Å². The summed E-state index contributed by atoms with van der Waals surface area (Å²) in [5, 5.41) is 6.44. The first-order chi connectivity index (χ1) is 35.2. The average molecular weight is 923 g/mol. The molecule has 0 fully saturated rings. The Balaban J connectivity index is 1.07. The van der Waals surface area contributed by atoms with Gasteiger partial charge in [-0.2, -0.15) is 0 Å². The van der Waals surface area contributed by atoms with Gasteiger partial charge < -0.3 is 15.1 Å². The van der Waals surface area contributed by atoms with Crippen molar-refractivity contribution >= 4 is 95.2 Å². The van der Waals surface area contributed by atoms with Gasteiger partial charge in [0.1, 0.15) is 0 Å². The Hall–Kier alpha value is -8.90. The Morgan fingerprint density at radius 2 is 0.944 bits per heavy atom. The number of hydrogen-bond acceptors (Lipinski definition) is 4. The molecule has 0 aliphatic carbocycles. The van der Waals surface area contributed by atoms with Crippen molar-refractivity contribution in [3.63, 3.8) is 0 Å². The minimum Gasteiger partial charge on any atom is -0.355 e. The molecule has 11 aromatic carbocycles. The fourth-order valence-electron chi connectivity index (χ4n) is 10.3. The second-order valence-electron chi connectivity index (χ2n) is 18.0. The van der Waals surface area contributed by atoms with E-state index in [4.69, 9.17) is 0 Å². The van der Waals surface area contributed by atoms with Gasteiger partial charge in [0, 0.05) is 65.5 Å². The standard InChI is InChI=1S/C66H45BN3S/c1-6-19-45(20-7-1)48-33-36-54(37-34-48)70-61-43-55(69(52-27-12-4-13-28-52)53-29-14-5-15-30-53)38-39-59(61)67-65-58(44-63-64(66(65)70)56-31-16-17-32-62(56)71-63)57-42-50(47-23-10-3-11-24-47)35-40-60(57)68-51-26-18-25-49(41-51)46-21-8-2-9-22-46/h1-44,68H. The van der Waals surface area contributed by atoms with Crippen LogP contribution in [0, 0.1) is 0 Å². The van der Waals surface area contributed by atoms with Crippen molar-refractivity contribution in [2.45, 2.75) is 0 Å². The van der Waals surface area contributed by atoms with Crippen LogP contribution >= 0.6 is 11.3 Å². The number of rotatable bonds is 10. The molecule has 13 rings (SSSR count). The summed E-state index contributed by atoms with van der Waals surface area (Å²) in [6.45, 7) is 0. The highest BCUT2D eigenvalue weighted by molar-refractivity contribution is 7.26. The van der Waals surface area contributed by atoms with Crippen LogP contribution in [0.1, 0.15) is 0 Å². The predicted octanol–water partition coefficient (Wildman–Crippen LogP) is 17.4. The van der Waals surface area contributed by atoms with Crippen LogP contribution in [0.15, 0.2) is 267 Å². The summed E-state index contributed by atoms with van der Waals surface area (Å²) in [4.78, 5) is 4.90. The van der Waals surface area contributed by atoms with Crippen LogP contribution in [0.5, 0.6) is 0 Å². The first-order valence-corrected chi connectivity index (χ1v) is 25.0. The highest BCUT2D eigenvalue weighted by atomic mass is 32.1. The molecule has 71 heavy (non-hydrogen) atoms. The second-order valence-corrected chi connectivity index (χ2v) is 19.1. The molecule has 3 nitrogen and oxygen atoms in total. The fraction of sp³-hybridized carbons (Fsp3) is 0. The first kappa shape index (κ1) is 42.2. The van der Waals surface area contributed by atoms with E-state index < -0.39 is 0 Å². The average Bonchev–Trinajstić information content (AvgIpc) is 3.83. The maximum Gasteiger partial charge on any atom is 0.197 e. The molecule has 5 heteroatoms. The maximum absolute atomic E-state index is 3.95. The molecule has 1 N–H and O–H groups in total. The minimum absolute atomic E-state index is 1.03. The summed E-state index contributed by atoms with van der Waals surface area (Å²) >= 11 is 1.86. The molecule has 12 aromatic rings. The third-order valence-corrected chi connectivity index (χ3v) is 14.8. The number of thiophene rings is 1. The van der Waals surface area contributed by atoms with E-state index in [0.29, 0.717) is 0 Å². The largest absolute Gasteiger partial charge is 0.355 e. The maximum atomic E-state index is 3.95. The number of nitrogens with zero attached hydrogens (tertiary/aromatic N) is 2. The predicted molar refractivity (Wildman–Crippen MR) is 305 cm³/mol. The molecule has 0 atom stereocenters. The van der Waals surface area contributed by atoms with Gasteiger partial charge in [-0.3, -0.25) is 0 Å². The van der Waals surface area contributed by atoms with Gasteiger partial charge in [0.05, 0.1) is 5.69 Å². The van der Waals surface area contributed by atoms with E-state index in [0.717, 1.165) is 62.0 Å². The zero-order valence-electron chi connectivity index (χ0n) is 38.8. The lowest BCUT2D eigenvalue weighted by Crippen LogP contribution is -2.41. The summed E-state index contributed by atoms with van der Waals surface area (Å²) in [6.07, 6.45) is 0. The highest BCUT2D eigenvalue weighted by Gasteiger charge is 2.32. The van der Waals surface area contributed by atoms with Gasteiger partial charge in [0.15, 0.2) is 7.28 Å². The third-order valence-electron chi connectivity index (χ3n) is 13.6. The number of fused-ring (bicyclic) bond motifs is 6. The van der Waals surface area contributed by atoms with E-state index in [1.165, 1.54) is 59.1 Å². The number of hydrogen-bond donors (Lipinski definition) is 1. The highest BCUT2D eigenvalue weighted by Crippen LogP contribution is 2.49. The first-order valence-electron chi connectivity index (χ1n) is 24.2. The minimum atomic E-state index is 1.03. The van der Waals surface area contributed by atoms with Gasteiger partial charge in [-0.15, -0.1) is 11.3 Å². The van der Waals surface area contributed by atoms with Gasteiger partial charge in [-0.05, 0) is 129 Å². The Bertz CT molecular complexity index is 3820. The summed E-state index contributed by atoms with van der Waals surface area (Å²) < 4.78 is 2.49. The molecule has 0 saturated heterocycles. The number of para-hydroxylation sites is 2. The molecule has 1 aliphatic heterocycles. The Morgan fingerprint density at radius 3 is 1.61 bits per heavy atom. The Kier molecular flexibility index (Phi) is 10.8. The molecular weight excluding hydrogens is 878 g/mol. The van der Waals surface area contributed by atoms with E-state index in [1.54, 1.807) is 0 Å². The van der Waals surface area contributed by atoms with Crippen LogP contribution in [-0.2, 0) is 0 Å². The lowest BCUT2D eigenvalue weighted by molar-refractivity contribution is 1.26. The van der Waals surface area contributed by atoms with E-state index in [-0.39, 0.29) is 0 Å². The van der Waals surface area contributed by atoms with Crippen LogP contribution in [0.2, 0.25) is 0 Å². The molecular formula is C66H45BN3S. The van der Waals surface area contributed by atoms with E-state index >= 15 is 0 Å². The van der Waals surface area contributed by atoms with Crippen molar-refractivity contribution in [3.8, 4) is 44.5 Å². The molecule has 2 heterocycles. The monoisotopic (exact) mass is 922 g/mol. The molecule has 0 unspecified atom stereocenters. The van der Waals surface area contributed by atoms with E-state index in [9.17, 15) is 0 Å². The SMILES string of the molecule is [B]1c2ccc(N(c3ccccc3)c3ccccc3)cc2N(c2ccc(-c3ccccc3)cc2)c2c1c(-c1cc(-c3ccccc3)ccc1Nc1cccc(-c3ccccc3)c1)cc1sc3ccccc3c21. The molecule has 0 bridgehead atoms. The van der Waals surface area contributed by atoms with Gasteiger partial charge in [0.2, 0.25) is 0 Å². The summed E-state index contributed by atoms with van der Waals surface area (Å²) in [5.41, 5.74) is 20.3. The molecule has 1 aromatic heterocycles. The molecule has 333 valence electrons. The molecule has 1 aliphatic rings. The van der Waals surface area contributed by atoms with Crippen molar-refractivity contribution < 1.29 is 0 Å². The van der Waals surface area contributed by atoms with Crippen LogP contribution in [0.4, 0.5) is 45.5 Å². The quantitative estimate of drug-likeness (QED) is 0.138. The summed E-state index contributed by atoms with van der Waals surface area (Å²) in [5.74, 6) is 0. The molecule has 1 radical (unpaired) electrons. The number of benzene rings is 11. The van der Waals surface area contributed by atoms with Gasteiger partial charge >= 0.3 is 0 Å². The van der Waals surface area contributed by atoms with Crippen molar-refractivity contribution in [2.24, 2.45) is 0 Å². The smallest absolute Gasteiger partial charge is 0.197 e. The van der Waals surface area contributed by atoms with Crippen molar-refractivity contribution in [1.29, 1.82) is 0 Å². The van der Waals surface area contributed by atoms with Crippen LogP contribution < -0.4 is 26.0 Å². The molecule has 0 saturated carbocycles. The third kappa shape index (κ3) is 7.93. The fourth-order valence-corrected chi connectivity index (χ4v) is 11.4. The Labute approximate surface area is 419 Å². The summed E-state index contributed by atoms with van der Waals surface area (Å²) in [7, 11) is 2.44. The molecule has 0 amide bonds. The zero-order valence-corrected chi connectivity index (χ0v) is 39.6. The normalized spacial score (nSPS) is 11.7. The van der Waals surface area contributed by atoms with Crippen LogP contribution in [0.3, 0.4) is 0 Å². The summed E-state index contributed by atoms with van der Waals surface area (Å²) in [6, 6.07) is 96.5. The van der Waals surface area contributed by atoms with E-state index in [1.807, 2.05) is 11.3 Å². The Morgan fingerprint density at radius 1 is 0.394 bits per heavy atom. The van der Waals surface area contributed by atoms with Crippen LogP contribution in [-0.4, -0.2) is 7.28 Å². The van der Waals surface area contributed by atoms with Gasteiger partial charge in [-0.1, -0.05) is 187 Å². The van der Waals surface area contributed by atoms with Crippen molar-refractivity contribution in [3.05, 3.63) is 267 Å². The lowest BCUT2D eigenvalue weighted by Gasteiger charge is -2.37. The van der Waals surface area contributed by atoms with Gasteiger partial charge in [-0.25, -0.2) is 0 Å². The number of nitrogens with one attached hydrogen (secondary N) is 1. The van der Waals surface area contributed by atoms with Crippen molar-refractivity contribution in [2.75, 3.05) is 15.1 Å².